The molecule has 2 aliphatic rings. The zero-order chi connectivity index (χ0) is 11.2. The van der Waals surface area contributed by atoms with Gasteiger partial charge < -0.3 is 5.73 Å². The van der Waals surface area contributed by atoms with E-state index in [2.05, 4.69) is 21.9 Å². The lowest BCUT2D eigenvalue weighted by Crippen LogP contribution is -2.14. The van der Waals surface area contributed by atoms with Gasteiger partial charge in [-0.25, -0.2) is 4.98 Å². The highest BCUT2D eigenvalue weighted by Gasteiger charge is 2.42. The van der Waals surface area contributed by atoms with Crippen molar-refractivity contribution in [2.24, 2.45) is 0 Å². The van der Waals surface area contributed by atoms with Crippen LogP contribution in [0.3, 0.4) is 0 Å². The van der Waals surface area contributed by atoms with Gasteiger partial charge in [-0.15, -0.1) is 0 Å². The smallest absolute Gasteiger partial charge is 0.223 e. The third kappa shape index (κ3) is 1.66. The maximum atomic E-state index is 5.79. The molecule has 2 fully saturated rings. The van der Waals surface area contributed by atoms with E-state index in [1.165, 1.54) is 38.5 Å². The van der Waals surface area contributed by atoms with Crippen molar-refractivity contribution in [2.75, 3.05) is 5.73 Å². The van der Waals surface area contributed by atoms with E-state index < -0.39 is 0 Å². The summed E-state index contributed by atoms with van der Waals surface area (Å²) in [5.41, 5.74) is 5.97. The zero-order valence-electron chi connectivity index (χ0n) is 9.74. The molecule has 2 saturated carbocycles. The van der Waals surface area contributed by atoms with Gasteiger partial charge in [0.25, 0.3) is 0 Å². The molecule has 0 aliphatic heterocycles. The van der Waals surface area contributed by atoms with Crippen molar-refractivity contribution in [3.63, 3.8) is 0 Å². The third-order valence-corrected chi connectivity index (χ3v) is 3.93. The fourth-order valence-corrected chi connectivity index (χ4v) is 2.46. The summed E-state index contributed by atoms with van der Waals surface area (Å²) in [5, 5.41) is 0. The van der Waals surface area contributed by atoms with Crippen LogP contribution in [0, 0.1) is 0 Å². The molecule has 0 bridgehead atoms. The van der Waals surface area contributed by atoms with Crippen molar-refractivity contribution in [3.8, 4) is 0 Å². The summed E-state index contributed by atoms with van der Waals surface area (Å²) < 4.78 is 0. The summed E-state index contributed by atoms with van der Waals surface area (Å²) in [5.74, 6) is 2.78. The van der Waals surface area contributed by atoms with E-state index in [1.54, 1.807) is 0 Å². The molecule has 2 aliphatic carbocycles. The Kier molecular flexibility index (Phi) is 2.13. The number of hydrogen-bond donors (Lipinski definition) is 1. The van der Waals surface area contributed by atoms with Crippen LogP contribution in [-0.2, 0) is 5.41 Å². The van der Waals surface area contributed by atoms with Gasteiger partial charge in [0.2, 0.25) is 5.95 Å². The van der Waals surface area contributed by atoms with Gasteiger partial charge in [-0.1, -0.05) is 19.8 Å². The Hall–Kier alpha value is -1.19. The highest BCUT2D eigenvalue weighted by atomic mass is 15.1. The molecule has 1 aromatic heterocycles. The molecular formula is C12H18N4. The number of hydrogen-bond acceptors (Lipinski definition) is 4. The summed E-state index contributed by atoms with van der Waals surface area (Å²) in [6, 6.07) is 0. The molecule has 2 N–H and O–H groups in total. The molecule has 86 valence electrons. The molecule has 4 nitrogen and oxygen atoms in total. The van der Waals surface area contributed by atoms with Crippen LogP contribution in [0.4, 0.5) is 5.95 Å². The Balaban J connectivity index is 1.95. The molecule has 0 radical (unpaired) electrons. The Morgan fingerprint density at radius 3 is 2.44 bits per heavy atom. The number of anilines is 1. The van der Waals surface area contributed by atoms with E-state index in [4.69, 9.17) is 5.73 Å². The van der Waals surface area contributed by atoms with Crippen LogP contribution in [0.1, 0.15) is 63.0 Å². The van der Waals surface area contributed by atoms with Gasteiger partial charge >= 0.3 is 0 Å². The first kappa shape index (κ1) is 10.00. The maximum absolute atomic E-state index is 5.79. The Morgan fingerprint density at radius 2 is 1.81 bits per heavy atom. The largest absolute Gasteiger partial charge is 0.368 e. The molecule has 3 rings (SSSR count). The summed E-state index contributed by atoms with van der Waals surface area (Å²) in [4.78, 5) is 13.3. The van der Waals surface area contributed by atoms with Crippen LogP contribution in [-0.4, -0.2) is 15.0 Å². The van der Waals surface area contributed by atoms with Crippen molar-refractivity contribution >= 4 is 5.95 Å². The molecule has 0 atom stereocenters. The standard InChI is InChI=1S/C12H18N4/c1-12(6-7-12)10-14-9(15-11(13)16-10)8-4-2-3-5-8/h8H,2-7H2,1H3,(H2,13,14,15,16). The minimum atomic E-state index is 0.185. The van der Waals surface area contributed by atoms with Gasteiger partial charge in [0.1, 0.15) is 11.6 Å². The minimum absolute atomic E-state index is 0.185. The fraction of sp³-hybridized carbons (Fsp3) is 0.750. The topological polar surface area (TPSA) is 64.7 Å². The number of aromatic nitrogens is 3. The molecule has 1 aromatic rings. The van der Waals surface area contributed by atoms with E-state index in [0.29, 0.717) is 11.9 Å². The van der Waals surface area contributed by atoms with E-state index >= 15 is 0 Å². The zero-order valence-corrected chi connectivity index (χ0v) is 9.74. The molecule has 0 saturated heterocycles. The fourth-order valence-electron chi connectivity index (χ4n) is 2.46. The third-order valence-electron chi connectivity index (χ3n) is 3.93. The number of nitrogens with two attached hydrogens (primary N) is 1. The monoisotopic (exact) mass is 218 g/mol. The molecule has 0 unspecified atom stereocenters. The summed E-state index contributed by atoms with van der Waals surface area (Å²) >= 11 is 0. The van der Waals surface area contributed by atoms with Gasteiger partial charge in [-0.2, -0.15) is 9.97 Å². The Bertz CT molecular complexity index is 405. The van der Waals surface area contributed by atoms with Gasteiger partial charge in [0.05, 0.1) is 0 Å². The first-order valence-corrected chi connectivity index (χ1v) is 6.19. The molecule has 0 spiro atoms. The molecule has 0 amide bonds. The normalized spacial score (nSPS) is 23.6. The quantitative estimate of drug-likeness (QED) is 0.826. The number of rotatable bonds is 2. The van der Waals surface area contributed by atoms with Gasteiger partial charge in [-0.05, 0) is 25.7 Å². The number of nitrogens with zero attached hydrogens (tertiary/aromatic N) is 3. The molecule has 0 aromatic carbocycles. The van der Waals surface area contributed by atoms with Crippen LogP contribution in [0.5, 0.6) is 0 Å². The van der Waals surface area contributed by atoms with Crippen molar-refractivity contribution < 1.29 is 0 Å². The summed E-state index contributed by atoms with van der Waals surface area (Å²) in [6.45, 7) is 2.21. The highest BCUT2D eigenvalue weighted by Crippen LogP contribution is 2.46. The average molecular weight is 218 g/mol. The van der Waals surface area contributed by atoms with Crippen molar-refractivity contribution in [2.45, 2.75) is 56.8 Å². The maximum Gasteiger partial charge on any atom is 0.223 e. The Morgan fingerprint density at radius 1 is 1.12 bits per heavy atom. The molecule has 16 heavy (non-hydrogen) atoms. The SMILES string of the molecule is CC1(c2nc(N)nc(C3CCCC3)n2)CC1. The van der Waals surface area contributed by atoms with Gasteiger partial charge in [0, 0.05) is 11.3 Å². The van der Waals surface area contributed by atoms with Crippen LogP contribution in [0.15, 0.2) is 0 Å². The first-order chi connectivity index (χ1) is 7.67. The van der Waals surface area contributed by atoms with Crippen molar-refractivity contribution in [1.29, 1.82) is 0 Å². The van der Waals surface area contributed by atoms with Gasteiger partial charge in [-0.3, -0.25) is 0 Å². The minimum Gasteiger partial charge on any atom is -0.368 e. The van der Waals surface area contributed by atoms with E-state index in [0.717, 1.165) is 11.6 Å². The van der Waals surface area contributed by atoms with E-state index in [9.17, 15) is 0 Å². The molecule has 1 heterocycles. The number of nitrogen functional groups attached to an aromatic ring is 1. The predicted molar refractivity (Wildman–Crippen MR) is 62.0 cm³/mol. The second kappa shape index (κ2) is 3.40. The lowest BCUT2D eigenvalue weighted by molar-refractivity contribution is 0.623. The highest BCUT2D eigenvalue weighted by molar-refractivity contribution is 5.24. The van der Waals surface area contributed by atoms with E-state index in [1.807, 2.05) is 0 Å². The molecular weight excluding hydrogens is 200 g/mol. The van der Waals surface area contributed by atoms with Crippen molar-refractivity contribution in [1.82, 2.24) is 15.0 Å². The second-order valence-electron chi connectivity index (χ2n) is 5.42. The summed E-state index contributed by atoms with van der Waals surface area (Å²) in [6.07, 6.45) is 7.37. The van der Waals surface area contributed by atoms with Crippen LogP contribution in [0.2, 0.25) is 0 Å². The van der Waals surface area contributed by atoms with Crippen LogP contribution < -0.4 is 5.73 Å². The lowest BCUT2D eigenvalue weighted by atomic mass is 10.1. The summed E-state index contributed by atoms with van der Waals surface area (Å²) in [7, 11) is 0. The van der Waals surface area contributed by atoms with Crippen molar-refractivity contribution in [3.05, 3.63) is 11.6 Å². The second-order valence-corrected chi connectivity index (χ2v) is 5.42. The average Bonchev–Trinajstić information content (AvgIpc) is 2.83. The first-order valence-electron chi connectivity index (χ1n) is 6.19. The Labute approximate surface area is 95.7 Å². The molecule has 4 heteroatoms. The van der Waals surface area contributed by atoms with Crippen LogP contribution >= 0.6 is 0 Å². The van der Waals surface area contributed by atoms with Gasteiger partial charge in [0.15, 0.2) is 0 Å². The van der Waals surface area contributed by atoms with Crippen LogP contribution in [0.25, 0.3) is 0 Å². The van der Waals surface area contributed by atoms with E-state index in [-0.39, 0.29) is 5.41 Å². The predicted octanol–water partition coefficient (Wildman–Crippen LogP) is 2.16. The lowest BCUT2D eigenvalue weighted by Gasteiger charge is -2.12.